The van der Waals surface area contributed by atoms with Crippen molar-refractivity contribution >= 4 is 27.4 Å². The number of halogens is 1. The van der Waals surface area contributed by atoms with Gasteiger partial charge in [0.1, 0.15) is 0 Å². The summed E-state index contributed by atoms with van der Waals surface area (Å²) in [6.07, 6.45) is 0. The Morgan fingerprint density at radius 2 is 1.92 bits per heavy atom. The van der Waals surface area contributed by atoms with E-state index in [-0.39, 0.29) is 21.7 Å². The summed E-state index contributed by atoms with van der Waals surface area (Å²) in [7, 11) is -4.21. The van der Waals surface area contributed by atoms with Gasteiger partial charge in [-0.15, -0.1) is 0 Å². The predicted molar refractivity (Wildman–Crippen MR) is 82.0 cm³/mol. The molecule has 24 heavy (non-hydrogen) atoms. The van der Waals surface area contributed by atoms with Crippen LogP contribution in [0.5, 0.6) is 0 Å². The molecule has 0 heterocycles. The van der Waals surface area contributed by atoms with Crippen LogP contribution in [0.3, 0.4) is 0 Å². The monoisotopic (exact) mass is 354 g/mol. The Bertz CT molecular complexity index is 942. The van der Waals surface area contributed by atoms with Gasteiger partial charge in [-0.1, -0.05) is 6.07 Å². The molecule has 2 rings (SSSR count). The second-order valence-corrected chi connectivity index (χ2v) is 6.47. The molecule has 0 atom stereocenters. The van der Waals surface area contributed by atoms with Crippen molar-refractivity contribution in [3.63, 3.8) is 0 Å². The number of sulfonamides is 1. The number of nitrogens with one attached hydrogen (secondary N) is 1. The van der Waals surface area contributed by atoms with Crippen molar-refractivity contribution < 1.29 is 27.6 Å². The number of nitro benzene ring substituents is 1. The van der Waals surface area contributed by atoms with Gasteiger partial charge in [-0.05, 0) is 36.8 Å². The molecule has 0 saturated heterocycles. The van der Waals surface area contributed by atoms with Gasteiger partial charge in [0.15, 0.2) is 0 Å². The summed E-state index contributed by atoms with van der Waals surface area (Å²) >= 11 is 0. The average Bonchev–Trinajstić information content (AvgIpc) is 2.48. The Hall–Kier alpha value is -3.01. The third-order valence-corrected chi connectivity index (χ3v) is 4.64. The van der Waals surface area contributed by atoms with Gasteiger partial charge in [0.25, 0.3) is 10.0 Å². The fourth-order valence-electron chi connectivity index (χ4n) is 1.95. The highest BCUT2D eigenvalue weighted by Crippen LogP contribution is 2.25. The maximum Gasteiger partial charge on any atom is 0.335 e. The highest BCUT2D eigenvalue weighted by Gasteiger charge is 2.21. The van der Waals surface area contributed by atoms with E-state index < -0.39 is 32.4 Å². The van der Waals surface area contributed by atoms with Gasteiger partial charge in [0, 0.05) is 6.07 Å². The van der Waals surface area contributed by atoms with E-state index in [1.165, 1.54) is 19.1 Å². The number of anilines is 1. The molecular weight excluding hydrogens is 343 g/mol. The number of carboxylic acid groups (broad SMARTS) is 1. The van der Waals surface area contributed by atoms with E-state index in [0.29, 0.717) is 0 Å². The Labute approximate surface area is 135 Å². The minimum atomic E-state index is -4.21. The zero-order valence-corrected chi connectivity index (χ0v) is 13.0. The highest BCUT2D eigenvalue weighted by atomic mass is 32.2. The van der Waals surface area contributed by atoms with E-state index in [1.807, 2.05) is 0 Å². The van der Waals surface area contributed by atoms with Crippen LogP contribution in [-0.4, -0.2) is 24.4 Å². The summed E-state index contributed by atoms with van der Waals surface area (Å²) in [4.78, 5) is 20.4. The molecule has 126 valence electrons. The Balaban J connectivity index is 2.46. The number of carbonyl (C=O) groups is 1. The summed E-state index contributed by atoms with van der Waals surface area (Å²) in [6.45, 7) is 1.47. The van der Waals surface area contributed by atoms with Crippen molar-refractivity contribution in [2.75, 3.05) is 4.72 Å². The van der Waals surface area contributed by atoms with Crippen LogP contribution in [-0.2, 0) is 10.0 Å². The summed E-state index contributed by atoms with van der Waals surface area (Å²) in [5.74, 6) is -2.41. The zero-order chi connectivity index (χ0) is 18.1. The molecule has 2 aromatic carbocycles. The van der Waals surface area contributed by atoms with Gasteiger partial charge < -0.3 is 5.11 Å². The Kier molecular flexibility index (Phi) is 4.51. The summed E-state index contributed by atoms with van der Waals surface area (Å²) < 4.78 is 40.2. The van der Waals surface area contributed by atoms with Crippen LogP contribution in [0.25, 0.3) is 0 Å². The number of nitro groups is 1. The summed E-state index contributed by atoms with van der Waals surface area (Å²) in [5.41, 5.74) is -1.05. The molecule has 0 aliphatic heterocycles. The van der Waals surface area contributed by atoms with Crippen molar-refractivity contribution in [1.82, 2.24) is 0 Å². The lowest BCUT2D eigenvalue weighted by molar-refractivity contribution is -0.387. The molecule has 10 heteroatoms. The first-order chi connectivity index (χ1) is 11.1. The van der Waals surface area contributed by atoms with Crippen molar-refractivity contribution in [3.8, 4) is 0 Å². The molecule has 0 saturated carbocycles. The molecule has 0 amide bonds. The molecule has 2 N–H and O–H groups in total. The minimum Gasteiger partial charge on any atom is -0.478 e. The smallest absolute Gasteiger partial charge is 0.335 e. The van der Waals surface area contributed by atoms with Crippen molar-refractivity contribution in [2.24, 2.45) is 0 Å². The third kappa shape index (κ3) is 3.49. The molecule has 0 radical (unpaired) electrons. The average molecular weight is 354 g/mol. The van der Waals surface area contributed by atoms with Crippen molar-refractivity contribution in [3.05, 3.63) is 63.5 Å². The van der Waals surface area contributed by atoms with E-state index in [9.17, 15) is 27.7 Å². The topological polar surface area (TPSA) is 127 Å². The van der Waals surface area contributed by atoms with E-state index in [0.717, 1.165) is 24.3 Å². The second-order valence-electron chi connectivity index (χ2n) is 4.81. The zero-order valence-electron chi connectivity index (χ0n) is 12.2. The normalized spacial score (nSPS) is 11.1. The number of hydrogen-bond acceptors (Lipinski definition) is 5. The van der Waals surface area contributed by atoms with Crippen molar-refractivity contribution in [2.45, 2.75) is 11.8 Å². The van der Waals surface area contributed by atoms with Gasteiger partial charge in [-0.2, -0.15) is 4.39 Å². The maximum atomic E-state index is 13.3. The lowest BCUT2D eigenvalue weighted by Gasteiger charge is -2.11. The summed E-state index contributed by atoms with van der Waals surface area (Å²) in [5, 5.41) is 19.7. The van der Waals surface area contributed by atoms with Crippen LogP contribution in [0, 0.1) is 22.9 Å². The van der Waals surface area contributed by atoms with Gasteiger partial charge in [0.2, 0.25) is 5.82 Å². The largest absolute Gasteiger partial charge is 0.478 e. The summed E-state index contributed by atoms with van der Waals surface area (Å²) in [6, 6.07) is 6.07. The van der Waals surface area contributed by atoms with Gasteiger partial charge in [0.05, 0.1) is 21.1 Å². The molecule has 8 nitrogen and oxygen atoms in total. The number of nitrogens with zero attached hydrogens (tertiary/aromatic N) is 1. The fraction of sp³-hybridized carbons (Fsp3) is 0.0714. The third-order valence-electron chi connectivity index (χ3n) is 3.12. The van der Waals surface area contributed by atoms with Crippen LogP contribution in [0.15, 0.2) is 41.3 Å². The quantitative estimate of drug-likeness (QED) is 0.627. The van der Waals surface area contributed by atoms with Crippen LogP contribution >= 0.6 is 0 Å². The number of rotatable bonds is 5. The lowest BCUT2D eigenvalue weighted by Crippen LogP contribution is -2.15. The number of carboxylic acids is 1. The molecule has 2 aromatic rings. The highest BCUT2D eigenvalue weighted by molar-refractivity contribution is 7.92. The second kappa shape index (κ2) is 6.24. The van der Waals surface area contributed by atoms with Crippen LogP contribution in [0.2, 0.25) is 0 Å². The van der Waals surface area contributed by atoms with E-state index in [2.05, 4.69) is 4.72 Å². The first-order valence-electron chi connectivity index (χ1n) is 6.42. The lowest BCUT2D eigenvalue weighted by atomic mass is 10.1. The number of aryl methyl sites for hydroxylation is 1. The maximum absolute atomic E-state index is 13.3. The molecular formula is C14H11FN2O6S. The van der Waals surface area contributed by atoms with Crippen LogP contribution in [0.4, 0.5) is 15.8 Å². The first kappa shape index (κ1) is 17.3. The van der Waals surface area contributed by atoms with E-state index in [1.54, 1.807) is 0 Å². The van der Waals surface area contributed by atoms with E-state index >= 15 is 0 Å². The number of hydrogen-bond donors (Lipinski definition) is 2. The number of benzene rings is 2. The van der Waals surface area contributed by atoms with Crippen molar-refractivity contribution in [1.29, 1.82) is 0 Å². The molecule has 0 aliphatic carbocycles. The van der Waals surface area contributed by atoms with Crippen LogP contribution in [0.1, 0.15) is 15.9 Å². The Morgan fingerprint density at radius 3 is 2.50 bits per heavy atom. The number of aromatic carboxylic acids is 1. The van der Waals surface area contributed by atoms with Gasteiger partial charge in [-0.3, -0.25) is 14.8 Å². The van der Waals surface area contributed by atoms with E-state index in [4.69, 9.17) is 5.11 Å². The van der Waals surface area contributed by atoms with Crippen LogP contribution < -0.4 is 4.72 Å². The Morgan fingerprint density at radius 1 is 1.25 bits per heavy atom. The first-order valence-corrected chi connectivity index (χ1v) is 7.91. The molecule has 0 aliphatic rings. The predicted octanol–water partition coefficient (Wildman–Crippen LogP) is 2.54. The minimum absolute atomic E-state index is 0.219. The fourth-order valence-corrected chi connectivity index (χ4v) is 3.27. The molecule has 0 spiro atoms. The molecule has 0 bridgehead atoms. The van der Waals surface area contributed by atoms with Gasteiger partial charge >= 0.3 is 11.7 Å². The molecule has 0 aromatic heterocycles. The molecule has 0 unspecified atom stereocenters. The van der Waals surface area contributed by atoms with Gasteiger partial charge in [-0.25, -0.2) is 13.2 Å². The SMILES string of the molecule is Cc1ccc(C(=O)O)cc1S(=O)(=O)Nc1ccc(F)c([N+](=O)[O-])c1. The molecule has 0 fully saturated rings. The standard InChI is InChI=1S/C14H11FN2O6S/c1-8-2-3-9(14(18)19)6-13(8)24(22,23)16-10-4-5-11(15)12(7-10)17(20)21/h2-7,16H,1H3,(H,18,19).